The summed E-state index contributed by atoms with van der Waals surface area (Å²) < 4.78 is 4.36. The molecule has 4 rings (SSSR count). The van der Waals surface area contributed by atoms with Gasteiger partial charge in [0.1, 0.15) is 12.7 Å². The Balaban J connectivity index is 0.00000225. The molecule has 0 bridgehead atoms. The summed E-state index contributed by atoms with van der Waals surface area (Å²) in [7, 11) is 0. The average molecular weight is 416 g/mol. The number of hydrogen-bond donors (Lipinski definition) is 0. The molecule has 146 valence electrons. The number of hydrogen-bond acceptors (Lipinski definition) is 2. The molecule has 0 unspecified atom stereocenters. The average Bonchev–Trinajstić information content (AvgIpc) is 3.27. The molecule has 0 amide bonds. The monoisotopic (exact) mass is 415 g/mol. The Morgan fingerprint density at radius 3 is 2.68 bits per heavy atom. The van der Waals surface area contributed by atoms with Gasteiger partial charge in [-0.1, -0.05) is 36.7 Å². The van der Waals surface area contributed by atoms with Gasteiger partial charge in [-0.2, -0.15) is 0 Å². The van der Waals surface area contributed by atoms with Crippen LogP contribution < -0.4 is 9.67 Å². The predicted octanol–water partition coefficient (Wildman–Crippen LogP) is 4.12. The molecule has 1 aliphatic rings. The van der Waals surface area contributed by atoms with E-state index in [2.05, 4.69) is 27.2 Å². The molecule has 4 nitrogen and oxygen atoms in total. The minimum atomic E-state index is -0.121. The molecule has 1 aromatic heterocycles. The number of halogens is 2. The first kappa shape index (κ1) is 20.4. The van der Waals surface area contributed by atoms with Crippen molar-refractivity contribution >= 4 is 35.6 Å². The molecular formula is C22H23Cl2N3O. The summed E-state index contributed by atoms with van der Waals surface area (Å²) >= 11 is 6.02. The second kappa shape index (κ2) is 8.80. The molecule has 0 saturated heterocycles. The van der Waals surface area contributed by atoms with E-state index >= 15 is 0 Å². The lowest BCUT2D eigenvalue weighted by atomic mass is 10.1. The summed E-state index contributed by atoms with van der Waals surface area (Å²) in [6, 6.07) is 15.7. The van der Waals surface area contributed by atoms with Crippen LogP contribution in [-0.2, 0) is 25.9 Å². The van der Waals surface area contributed by atoms with Crippen LogP contribution in [0, 0.1) is 0 Å². The predicted molar refractivity (Wildman–Crippen MR) is 114 cm³/mol. The third-order valence-electron chi connectivity index (χ3n) is 5.06. The van der Waals surface area contributed by atoms with Crippen molar-refractivity contribution in [3.8, 4) is 11.3 Å². The maximum absolute atomic E-state index is 12.6. The Morgan fingerprint density at radius 1 is 1.18 bits per heavy atom. The van der Waals surface area contributed by atoms with Gasteiger partial charge < -0.3 is 5.11 Å². The van der Waals surface area contributed by atoms with Gasteiger partial charge >= 0.3 is 0 Å². The molecule has 0 atom stereocenters. The molecule has 0 fully saturated rings. The van der Waals surface area contributed by atoms with E-state index in [0.717, 1.165) is 53.3 Å². The Hall–Kier alpha value is -2.30. The molecule has 0 radical (unpaired) electrons. The summed E-state index contributed by atoms with van der Waals surface area (Å²) in [5.74, 6) is 1.07. The highest BCUT2D eigenvalue weighted by molar-refractivity contribution is 6.30. The van der Waals surface area contributed by atoms with Crippen molar-refractivity contribution in [2.75, 3.05) is 0 Å². The Kier molecular flexibility index (Phi) is 6.42. The Bertz CT molecular complexity index is 994. The van der Waals surface area contributed by atoms with Crippen molar-refractivity contribution in [3.05, 3.63) is 71.1 Å². The lowest BCUT2D eigenvalue weighted by molar-refractivity contribution is -0.693. The minimum absolute atomic E-state index is 0. The van der Waals surface area contributed by atoms with E-state index in [0.29, 0.717) is 0 Å². The molecule has 0 saturated carbocycles. The number of aryl methyl sites for hydroxylation is 1. The maximum atomic E-state index is 12.6. The quantitative estimate of drug-likeness (QED) is 0.351. The molecule has 6 heteroatoms. The van der Waals surface area contributed by atoms with Crippen LogP contribution >= 0.6 is 24.0 Å². The number of rotatable bonds is 5. The van der Waals surface area contributed by atoms with Crippen molar-refractivity contribution in [1.82, 2.24) is 4.57 Å². The topological polar surface area (TPSA) is 44.2 Å². The van der Waals surface area contributed by atoms with Crippen molar-refractivity contribution < 1.29 is 9.67 Å². The maximum Gasteiger partial charge on any atom is 0.257 e. The first-order valence-electron chi connectivity index (χ1n) is 9.36. The Morgan fingerprint density at radius 2 is 1.93 bits per heavy atom. The van der Waals surface area contributed by atoms with Gasteiger partial charge in [-0.25, -0.2) is 9.13 Å². The van der Waals surface area contributed by atoms with E-state index in [1.165, 1.54) is 5.82 Å². The molecule has 0 aliphatic carbocycles. The van der Waals surface area contributed by atoms with Crippen LogP contribution in [0.4, 0.5) is 5.69 Å². The molecule has 1 aliphatic heterocycles. The minimum Gasteiger partial charge on any atom is -0.859 e. The Labute approximate surface area is 176 Å². The van der Waals surface area contributed by atoms with Crippen molar-refractivity contribution in [3.63, 3.8) is 0 Å². The van der Waals surface area contributed by atoms with E-state index < -0.39 is 0 Å². The summed E-state index contributed by atoms with van der Waals surface area (Å²) in [6.07, 6.45) is 5.01. The number of aromatic nitrogens is 2. The molecule has 2 heterocycles. The highest BCUT2D eigenvalue weighted by atomic mass is 35.5. The van der Waals surface area contributed by atoms with Gasteiger partial charge in [0.05, 0.1) is 18.7 Å². The standard InChI is InChI=1S/C22H22ClN3O.ClH/c1-2-16-6-3-4-7-19(16)24-21(27)15-25-14-20(26-13-5-8-22(25)26)17-9-11-18(23)12-10-17;/h3-4,6-7,9-12,14H,2,5,8,13,15H2,1H3;1H. The number of aliphatic imine (C=N–C) groups is 1. The zero-order valence-corrected chi connectivity index (χ0v) is 17.3. The zero-order chi connectivity index (χ0) is 18.8. The molecule has 3 aromatic rings. The zero-order valence-electron chi connectivity index (χ0n) is 15.8. The normalized spacial score (nSPS) is 13.3. The fraction of sp³-hybridized carbons (Fsp3) is 0.273. The van der Waals surface area contributed by atoms with Gasteiger partial charge in [0, 0.05) is 16.5 Å². The van der Waals surface area contributed by atoms with Gasteiger partial charge in [-0.05, 0) is 48.7 Å². The van der Waals surface area contributed by atoms with Crippen LogP contribution in [0.2, 0.25) is 5.02 Å². The van der Waals surface area contributed by atoms with Crippen molar-refractivity contribution in [2.24, 2.45) is 4.99 Å². The first-order chi connectivity index (χ1) is 13.2. The molecule has 28 heavy (non-hydrogen) atoms. The van der Waals surface area contributed by atoms with E-state index in [1.807, 2.05) is 48.5 Å². The molecule has 0 N–H and O–H groups in total. The number of para-hydroxylation sites is 1. The van der Waals surface area contributed by atoms with Crippen LogP contribution in [0.1, 0.15) is 24.7 Å². The lowest BCUT2D eigenvalue weighted by Crippen LogP contribution is -2.43. The highest BCUT2D eigenvalue weighted by Crippen LogP contribution is 2.26. The second-order valence-corrected chi connectivity index (χ2v) is 7.24. The third-order valence-corrected chi connectivity index (χ3v) is 5.31. The van der Waals surface area contributed by atoms with E-state index in [9.17, 15) is 5.11 Å². The van der Waals surface area contributed by atoms with E-state index in [-0.39, 0.29) is 24.8 Å². The van der Waals surface area contributed by atoms with Crippen molar-refractivity contribution in [2.45, 2.75) is 39.3 Å². The lowest BCUT2D eigenvalue weighted by Gasteiger charge is -2.10. The summed E-state index contributed by atoms with van der Waals surface area (Å²) in [5, 5.41) is 13.4. The van der Waals surface area contributed by atoms with Gasteiger partial charge in [-0.15, -0.1) is 12.4 Å². The fourth-order valence-corrected chi connectivity index (χ4v) is 3.86. The van der Waals surface area contributed by atoms with Crippen LogP contribution in [0.15, 0.2) is 59.7 Å². The number of benzene rings is 2. The number of fused-ring (bicyclic) bond motifs is 1. The molecule has 2 aromatic carbocycles. The van der Waals surface area contributed by atoms with Gasteiger partial charge in [0.25, 0.3) is 5.82 Å². The SMILES string of the molecule is CCc1ccccc1N=C([O-])C[n+]1cc(-c2ccc(Cl)cc2)n2c1CCC2.Cl. The summed E-state index contributed by atoms with van der Waals surface area (Å²) in [5.41, 5.74) is 4.11. The molecular weight excluding hydrogens is 393 g/mol. The van der Waals surface area contributed by atoms with Crippen LogP contribution in [0.3, 0.4) is 0 Å². The van der Waals surface area contributed by atoms with Gasteiger partial charge in [-0.3, -0.25) is 4.99 Å². The van der Waals surface area contributed by atoms with E-state index in [4.69, 9.17) is 11.6 Å². The number of imidazole rings is 1. The number of nitrogens with zero attached hydrogens (tertiary/aromatic N) is 3. The van der Waals surface area contributed by atoms with Gasteiger partial charge in [0.15, 0.2) is 5.69 Å². The summed E-state index contributed by atoms with van der Waals surface area (Å²) in [6.45, 7) is 3.32. The second-order valence-electron chi connectivity index (χ2n) is 6.81. The van der Waals surface area contributed by atoms with Crippen LogP contribution in [-0.4, -0.2) is 10.5 Å². The van der Waals surface area contributed by atoms with E-state index in [1.54, 1.807) is 0 Å². The molecule has 0 spiro atoms. The van der Waals surface area contributed by atoms with Crippen LogP contribution in [0.25, 0.3) is 11.3 Å². The highest BCUT2D eigenvalue weighted by Gasteiger charge is 2.28. The smallest absolute Gasteiger partial charge is 0.257 e. The van der Waals surface area contributed by atoms with Crippen molar-refractivity contribution in [1.29, 1.82) is 0 Å². The third kappa shape index (κ3) is 4.08. The fourth-order valence-electron chi connectivity index (χ4n) is 3.73. The first-order valence-corrected chi connectivity index (χ1v) is 9.73. The van der Waals surface area contributed by atoms with Gasteiger partial charge in [0.2, 0.25) is 0 Å². The largest absolute Gasteiger partial charge is 0.859 e. The summed E-state index contributed by atoms with van der Waals surface area (Å²) in [4.78, 5) is 4.36. The van der Waals surface area contributed by atoms with Crippen LogP contribution in [0.5, 0.6) is 0 Å².